The first-order chi connectivity index (χ1) is 17.0. The SMILES string of the molecule is CC(=O)NCCNc1cc(NCCNC(=O)/C=C/c2cccc(C#N)c2)nc(-c2ccccc2)n1. The van der Waals surface area contributed by atoms with Crippen LogP contribution in [0.25, 0.3) is 17.5 Å². The second kappa shape index (κ2) is 13.1. The van der Waals surface area contributed by atoms with Crippen molar-refractivity contribution in [2.24, 2.45) is 0 Å². The Balaban J connectivity index is 1.56. The Bertz CT molecular complexity index is 1220. The third-order valence-electron chi connectivity index (χ3n) is 4.74. The van der Waals surface area contributed by atoms with Crippen LogP contribution in [0.2, 0.25) is 0 Å². The van der Waals surface area contributed by atoms with Crippen molar-refractivity contribution >= 4 is 29.5 Å². The van der Waals surface area contributed by atoms with E-state index in [4.69, 9.17) is 5.26 Å². The van der Waals surface area contributed by atoms with Crippen molar-refractivity contribution in [2.75, 3.05) is 36.8 Å². The highest BCUT2D eigenvalue weighted by Crippen LogP contribution is 2.20. The number of rotatable bonds is 11. The van der Waals surface area contributed by atoms with Crippen molar-refractivity contribution in [1.82, 2.24) is 20.6 Å². The van der Waals surface area contributed by atoms with Crippen LogP contribution in [0.4, 0.5) is 11.6 Å². The number of carbonyl (C=O) groups excluding carboxylic acids is 2. The van der Waals surface area contributed by atoms with Crippen LogP contribution in [0.3, 0.4) is 0 Å². The summed E-state index contributed by atoms with van der Waals surface area (Å²) in [6.45, 7) is 3.31. The number of carbonyl (C=O) groups is 2. The largest absolute Gasteiger partial charge is 0.368 e. The second-order valence-corrected chi connectivity index (χ2v) is 7.53. The van der Waals surface area contributed by atoms with E-state index in [2.05, 4.69) is 37.3 Å². The van der Waals surface area contributed by atoms with Gasteiger partial charge in [0.2, 0.25) is 11.8 Å². The number of nitriles is 1. The van der Waals surface area contributed by atoms with Gasteiger partial charge in [0.15, 0.2) is 5.82 Å². The molecular formula is C26H27N7O2. The zero-order valence-electron chi connectivity index (χ0n) is 19.4. The number of amides is 2. The van der Waals surface area contributed by atoms with Gasteiger partial charge in [0.25, 0.3) is 0 Å². The highest BCUT2D eigenvalue weighted by molar-refractivity contribution is 5.91. The van der Waals surface area contributed by atoms with Crippen LogP contribution in [0, 0.1) is 11.3 Å². The molecule has 0 radical (unpaired) electrons. The minimum absolute atomic E-state index is 0.0885. The molecule has 0 bridgehead atoms. The van der Waals surface area contributed by atoms with Crippen LogP contribution in [0.1, 0.15) is 18.1 Å². The van der Waals surface area contributed by atoms with Crippen molar-refractivity contribution < 1.29 is 9.59 Å². The molecule has 4 N–H and O–H groups in total. The molecular weight excluding hydrogens is 442 g/mol. The van der Waals surface area contributed by atoms with Gasteiger partial charge in [0.05, 0.1) is 11.6 Å². The number of nitrogens with zero attached hydrogens (tertiary/aromatic N) is 3. The fraction of sp³-hybridized carbons (Fsp3) is 0.192. The quantitative estimate of drug-likeness (QED) is 0.251. The maximum Gasteiger partial charge on any atom is 0.244 e. The van der Waals surface area contributed by atoms with E-state index < -0.39 is 0 Å². The molecule has 2 aromatic carbocycles. The zero-order valence-corrected chi connectivity index (χ0v) is 19.4. The molecule has 0 aliphatic rings. The summed E-state index contributed by atoms with van der Waals surface area (Å²) in [5.41, 5.74) is 2.20. The first kappa shape index (κ1) is 24.9. The number of anilines is 2. The number of hydrogen-bond donors (Lipinski definition) is 4. The van der Waals surface area contributed by atoms with E-state index in [-0.39, 0.29) is 11.8 Å². The Kier molecular flexibility index (Phi) is 9.33. The van der Waals surface area contributed by atoms with Gasteiger partial charge in [-0.05, 0) is 23.8 Å². The molecule has 0 spiro atoms. The summed E-state index contributed by atoms with van der Waals surface area (Å²) in [6, 6.07) is 20.5. The third-order valence-corrected chi connectivity index (χ3v) is 4.74. The monoisotopic (exact) mass is 469 g/mol. The molecule has 0 atom stereocenters. The summed E-state index contributed by atoms with van der Waals surface area (Å²) in [5.74, 6) is 1.47. The summed E-state index contributed by atoms with van der Waals surface area (Å²) in [7, 11) is 0. The first-order valence-electron chi connectivity index (χ1n) is 11.2. The van der Waals surface area contributed by atoms with Crippen LogP contribution in [-0.4, -0.2) is 48.0 Å². The Morgan fingerprint density at radius 1 is 0.886 bits per heavy atom. The number of benzene rings is 2. The van der Waals surface area contributed by atoms with Crippen LogP contribution >= 0.6 is 0 Å². The Morgan fingerprint density at radius 2 is 1.57 bits per heavy atom. The van der Waals surface area contributed by atoms with E-state index in [9.17, 15) is 9.59 Å². The van der Waals surface area contributed by atoms with Gasteiger partial charge in [-0.1, -0.05) is 42.5 Å². The van der Waals surface area contributed by atoms with Crippen LogP contribution in [0.5, 0.6) is 0 Å². The lowest BCUT2D eigenvalue weighted by Gasteiger charge is -2.12. The highest BCUT2D eigenvalue weighted by atomic mass is 16.2. The fourth-order valence-corrected chi connectivity index (χ4v) is 3.09. The standard InChI is InChI=1S/C26H27N7O2/c1-19(34)28-12-13-29-23-17-24(33-26(32-23)22-8-3-2-4-9-22)30-14-15-31-25(35)11-10-20-6-5-7-21(16-20)18-27/h2-11,16-17H,12-15H2,1H3,(H,28,34)(H,31,35)(H2,29,30,32,33)/b11-10+. The van der Waals surface area contributed by atoms with Crippen molar-refractivity contribution in [2.45, 2.75) is 6.92 Å². The molecule has 9 nitrogen and oxygen atoms in total. The molecule has 0 aliphatic carbocycles. The average molecular weight is 470 g/mol. The summed E-state index contributed by atoms with van der Waals surface area (Å²) in [4.78, 5) is 32.3. The van der Waals surface area contributed by atoms with Gasteiger partial charge in [-0.15, -0.1) is 0 Å². The number of aromatic nitrogens is 2. The summed E-state index contributed by atoms with van der Waals surface area (Å²) < 4.78 is 0. The highest BCUT2D eigenvalue weighted by Gasteiger charge is 2.07. The van der Waals surface area contributed by atoms with Gasteiger partial charge < -0.3 is 21.3 Å². The van der Waals surface area contributed by atoms with Gasteiger partial charge in [0.1, 0.15) is 11.6 Å². The van der Waals surface area contributed by atoms with Crippen molar-refractivity contribution in [1.29, 1.82) is 5.26 Å². The van der Waals surface area contributed by atoms with E-state index in [0.717, 1.165) is 11.1 Å². The molecule has 9 heteroatoms. The predicted octanol–water partition coefficient (Wildman–Crippen LogP) is 2.80. The summed E-state index contributed by atoms with van der Waals surface area (Å²) in [5, 5.41) is 20.9. The maximum atomic E-state index is 12.1. The van der Waals surface area contributed by atoms with E-state index in [1.54, 1.807) is 30.3 Å². The minimum atomic E-state index is -0.234. The van der Waals surface area contributed by atoms with Crippen molar-refractivity contribution in [3.63, 3.8) is 0 Å². The minimum Gasteiger partial charge on any atom is -0.368 e. The smallest absolute Gasteiger partial charge is 0.244 e. The van der Waals surface area contributed by atoms with Crippen LogP contribution < -0.4 is 21.3 Å². The molecule has 1 aromatic heterocycles. The summed E-state index contributed by atoms with van der Waals surface area (Å²) in [6.07, 6.45) is 3.10. The normalized spacial score (nSPS) is 10.4. The molecule has 3 rings (SSSR count). The van der Waals surface area contributed by atoms with E-state index in [0.29, 0.717) is 49.2 Å². The van der Waals surface area contributed by atoms with Gasteiger partial charge in [-0.25, -0.2) is 9.97 Å². The lowest BCUT2D eigenvalue weighted by Crippen LogP contribution is -2.27. The Hall–Kier alpha value is -4.71. The van der Waals surface area contributed by atoms with E-state index in [1.165, 1.54) is 13.0 Å². The molecule has 3 aromatic rings. The van der Waals surface area contributed by atoms with Gasteiger partial charge >= 0.3 is 0 Å². The Morgan fingerprint density at radius 3 is 2.23 bits per heavy atom. The average Bonchev–Trinajstić information content (AvgIpc) is 2.88. The first-order valence-corrected chi connectivity index (χ1v) is 11.2. The van der Waals surface area contributed by atoms with Crippen molar-refractivity contribution in [3.8, 4) is 17.5 Å². The molecule has 178 valence electrons. The maximum absolute atomic E-state index is 12.1. The molecule has 0 aliphatic heterocycles. The zero-order chi connectivity index (χ0) is 24.9. The van der Waals surface area contributed by atoms with Gasteiger partial charge in [-0.3, -0.25) is 9.59 Å². The number of hydrogen-bond acceptors (Lipinski definition) is 7. The van der Waals surface area contributed by atoms with E-state index >= 15 is 0 Å². The van der Waals surface area contributed by atoms with E-state index in [1.807, 2.05) is 36.4 Å². The lowest BCUT2D eigenvalue weighted by atomic mass is 10.1. The molecule has 0 fully saturated rings. The molecule has 1 heterocycles. The molecule has 0 unspecified atom stereocenters. The molecule has 35 heavy (non-hydrogen) atoms. The summed E-state index contributed by atoms with van der Waals surface area (Å²) >= 11 is 0. The Labute approximate surface area is 204 Å². The van der Waals surface area contributed by atoms with Crippen molar-refractivity contribution in [3.05, 3.63) is 77.9 Å². The molecule has 0 saturated heterocycles. The molecule has 0 saturated carbocycles. The molecule has 2 amide bonds. The lowest BCUT2D eigenvalue weighted by molar-refractivity contribution is -0.119. The van der Waals surface area contributed by atoms with Crippen LogP contribution in [0.15, 0.2) is 66.7 Å². The van der Waals surface area contributed by atoms with Gasteiger partial charge in [0, 0.05) is 50.8 Å². The van der Waals surface area contributed by atoms with Crippen LogP contribution in [-0.2, 0) is 9.59 Å². The fourth-order valence-electron chi connectivity index (χ4n) is 3.09. The topological polar surface area (TPSA) is 132 Å². The number of nitrogens with one attached hydrogen (secondary N) is 4. The predicted molar refractivity (Wildman–Crippen MR) is 136 cm³/mol. The third kappa shape index (κ3) is 8.63. The second-order valence-electron chi connectivity index (χ2n) is 7.53. The van der Waals surface area contributed by atoms with Gasteiger partial charge in [-0.2, -0.15) is 5.26 Å².